The van der Waals surface area contributed by atoms with Crippen LogP contribution in [-0.2, 0) is 25.9 Å². The van der Waals surface area contributed by atoms with E-state index < -0.39 is 0 Å². The minimum Gasteiger partial charge on any atom is -0.512 e. The van der Waals surface area contributed by atoms with E-state index in [-0.39, 0.29) is 38.0 Å². The molecule has 0 amide bonds. The summed E-state index contributed by atoms with van der Waals surface area (Å²) in [6.07, 6.45) is 2.89. The summed E-state index contributed by atoms with van der Waals surface area (Å²) < 4.78 is 5.77. The molecule has 0 radical (unpaired) electrons. The van der Waals surface area contributed by atoms with Crippen LogP contribution in [-0.4, -0.2) is 15.9 Å². The Bertz CT molecular complexity index is 1230. The van der Waals surface area contributed by atoms with E-state index in [1.165, 1.54) is 19.9 Å². The molecular weight excluding hydrogens is 549 g/mol. The fourth-order valence-electron chi connectivity index (χ4n) is 2.71. The monoisotopic (exact) mass is 567 g/mol. The summed E-state index contributed by atoms with van der Waals surface area (Å²) in [6.45, 7) is 2.85. The summed E-state index contributed by atoms with van der Waals surface area (Å²) in [4.78, 5) is 26.9. The zero-order chi connectivity index (χ0) is 20.1. The number of aliphatic hydroxyl groups is 1. The van der Waals surface area contributed by atoms with Crippen LogP contribution < -0.4 is 5.43 Å². The maximum atomic E-state index is 12.6. The van der Waals surface area contributed by atoms with Crippen molar-refractivity contribution in [3.05, 3.63) is 88.9 Å². The van der Waals surface area contributed by atoms with E-state index in [1.54, 1.807) is 30.5 Å². The fraction of sp³-hybridized carbons (Fsp3) is 0.0870. The van der Waals surface area contributed by atoms with E-state index in [0.717, 1.165) is 11.3 Å². The summed E-state index contributed by atoms with van der Waals surface area (Å²) in [7, 11) is 0. The van der Waals surface area contributed by atoms with Crippen molar-refractivity contribution in [1.82, 2.24) is 4.98 Å². The van der Waals surface area contributed by atoms with Crippen molar-refractivity contribution >= 4 is 27.7 Å². The van der Waals surface area contributed by atoms with E-state index in [4.69, 9.17) is 9.52 Å². The number of aliphatic hydroxyl groups excluding tert-OH is 1. The van der Waals surface area contributed by atoms with Gasteiger partial charge in [-0.05, 0) is 43.1 Å². The number of para-hydroxylation sites is 1. The predicted octanol–water partition coefficient (Wildman–Crippen LogP) is 4.84. The number of nitrogens with zero attached hydrogens (tertiary/aromatic N) is 1. The standard InChI is InChI=1S/C18H10NO2.C5H8O2.Pt/c20-18-13-5-1-2-7-16(13)21-17-9-8-12(11-14(17)18)15-6-3-4-10-19-15;1-4(6)3-5(2)7;/h1-7,9-11H;3,6H,1-2H3;/q-1;;. The third-order valence-corrected chi connectivity index (χ3v) is 3.86. The number of allylic oxidation sites excluding steroid dienone is 2. The minimum atomic E-state index is -0.125. The number of benzene rings is 2. The van der Waals surface area contributed by atoms with Crippen molar-refractivity contribution in [2.24, 2.45) is 0 Å². The maximum absolute atomic E-state index is 12.6. The molecule has 0 aliphatic carbocycles. The molecule has 2 aromatic carbocycles. The van der Waals surface area contributed by atoms with Crippen molar-refractivity contribution in [3.63, 3.8) is 0 Å². The molecular formula is C23H18NO4Pt-. The molecule has 0 aliphatic rings. The first-order valence-corrected chi connectivity index (χ1v) is 8.62. The van der Waals surface area contributed by atoms with Crippen LogP contribution in [0.4, 0.5) is 0 Å². The van der Waals surface area contributed by atoms with E-state index in [9.17, 15) is 9.59 Å². The van der Waals surface area contributed by atoms with Crippen LogP contribution in [0.15, 0.2) is 81.8 Å². The molecule has 0 bridgehead atoms. The van der Waals surface area contributed by atoms with E-state index in [0.29, 0.717) is 21.9 Å². The number of rotatable bonds is 2. The largest absolute Gasteiger partial charge is 0.512 e. The number of ketones is 1. The minimum absolute atomic E-state index is 0. The third kappa shape index (κ3) is 5.49. The summed E-state index contributed by atoms with van der Waals surface area (Å²) in [5.74, 6) is -0.0625. The van der Waals surface area contributed by atoms with Gasteiger partial charge in [-0.3, -0.25) is 9.59 Å². The van der Waals surface area contributed by atoms with Crippen molar-refractivity contribution in [1.29, 1.82) is 0 Å². The number of hydrogen-bond acceptors (Lipinski definition) is 5. The van der Waals surface area contributed by atoms with Crippen LogP contribution in [0.2, 0.25) is 0 Å². The van der Waals surface area contributed by atoms with Gasteiger partial charge in [0.1, 0.15) is 5.58 Å². The number of carbonyl (C=O) groups is 1. The normalized spacial score (nSPS) is 10.8. The van der Waals surface area contributed by atoms with E-state index in [1.807, 2.05) is 30.3 Å². The van der Waals surface area contributed by atoms with Crippen LogP contribution in [0.5, 0.6) is 0 Å². The Hall–Kier alpha value is -3.04. The smallest absolute Gasteiger partial charge is 0.182 e. The fourth-order valence-corrected chi connectivity index (χ4v) is 2.71. The van der Waals surface area contributed by atoms with Gasteiger partial charge in [-0.25, -0.2) is 0 Å². The Morgan fingerprint density at radius 3 is 2.41 bits per heavy atom. The van der Waals surface area contributed by atoms with Gasteiger partial charge in [0.2, 0.25) is 0 Å². The molecule has 2 aromatic heterocycles. The van der Waals surface area contributed by atoms with Gasteiger partial charge in [-0.2, -0.15) is 0 Å². The van der Waals surface area contributed by atoms with Gasteiger partial charge >= 0.3 is 0 Å². The molecule has 4 rings (SSSR count). The first kappa shape index (κ1) is 22.2. The van der Waals surface area contributed by atoms with Crippen LogP contribution >= 0.6 is 0 Å². The Morgan fingerprint density at radius 2 is 1.79 bits per heavy atom. The second-order valence-corrected chi connectivity index (χ2v) is 6.16. The van der Waals surface area contributed by atoms with Crippen molar-refractivity contribution in [2.75, 3.05) is 0 Å². The molecule has 6 heteroatoms. The molecule has 29 heavy (non-hydrogen) atoms. The second kappa shape index (κ2) is 9.94. The first-order chi connectivity index (χ1) is 13.5. The molecule has 5 nitrogen and oxygen atoms in total. The maximum Gasteiger partial charge on any atom is 0.182 e. The zero-order valence-electron chi connectivity index (χ0n) is 15.8. The quantitative estimate of drug-likeness (QED) is 0.162. The van der Waals surface area contributed by atoms with Crippen LogP contribution in [0.3, 0.4) is 0 Å². The Balaban J connectivity index is 0.000000327. The van der Waals surface area contributed by atoms with Crippen LogP contribution in [0, 0.1) is 6.07 Å². The molecule has 0 aliphatic heterocycles. The van der Waals surface area contributed by atoms with Gasteiger partial charge in [0.05, 0.1) is 16.7 Å². The summed E-state index contributed by atoms with van der Waals surface area (Å²) in [5.41, 5.74) is 2.67. The average molecular weight is 567 g/mol. The molecule has 150 valence electrons. The number of pyridine rings is 1. The summed E-state index contributed by atoms with van der Waals surface area (Å²) in [5, 5.41) is 9.50. The molecule has 0 fully saturated rings. The first-order valence-electron chi connectivity index (χ1n) is 8.62. The Kier molecular flexibility index (Phi) is 7.63. The molecule has 0 saturated heterocycles. The summed E-state index contributed by atoms with van der Waals surface area (Å²) >= 11 is 0. The van der Waals surface area contributed by atoms with Gasteiger partial charge in [-0.1, -0.05) is 24.3 Å². The summed E-state index contributed by atoms with van der Waals surface area (Å²) in [6, 6.07) is 19.5. The van der Waals surface area contributed by atoms with Gasteiger partial charge < -0.3 is 14.5 Å². The third-order valence-electron chi connectivity index (χ3n) is 3.86. The van der Waals surface area contributed by atoms with Gasteiger partial charge in [0.15, 0.2) is 11.2 Å². The average Bonchev–Trinajstić information content (AvgIpc) is 2.68. The van der Waals surface area contributed by atoms with Crippen LogP contribution in [0.1, 0.15) is 13.8 Å². The van der Waals surface area contributed by atoms with E-state index in [2.05, 4.69) is 11.1 Å². The van der Waals surface area contributed by atoms with Crippen LogP contribution in [0.25, 0.3) is 33.2 Å². The molecule has 4 aromatic rings. The molecule has 0 unspecified atom stereocenters. The van der Waals surface area contributed by atoms with Gasteiger partial charge in [-0.15, -0.1) is 23.8 Å². The van der Waals surface area contributed by atoms with Crippen molar-refractivity contribution in [3.8, 4) is 11.3 Å². The predicted molar refractivity (Wildman–Crippen MR) is 109 cm³/mol. The SMILES string of the molecule is CC(=O)C=C(C)O.O=c1c2ccccc2oc2c[c-]c(-c3ccccn3)cc12.[Pt]. The Morgan fingerprint density at radius 1 is 1.07 bits per heavy atom. The molecule has 2 heterocycles. The number of carbonyl (C=O) groups excluding carboxylic acids is 1. The van der Waals surface area contributed by atoms with Crippen molar-refractivity contribution < 1.29 is 35.4 Å². The molecule has 0 atom stereocenters. The topological polar surface area (TPSA) is 80.4 Å². The van der Waals surface area contributed by atoms with Gasteiger partial charge in [0, 0.05) is 33.3 Å². The molecule has 1 N–H and O–H groups in total. The molecule has 0 spiro atoms. The number of hydrogen-bond donors (Lipinski definition) is 1. The van der Waals surface area contributed by atoms with Gasteiger partial charge in [0.25, 0.3) is 0 Å². The van der Waals surface area contributed by atoms with E-state index >= 15 is 0 Å². The second-order valence-electron chi connectivity index (χ2n) is 6.16. The zero-order valence-corrected chi connectivity index (χ0v) is 18.1. The Labute approximate surface area is 182 Å². The number of aromatic nitrogens is 1. The molecule has 0 saturated carbocycles. The van der Waals surface area contributed by atoms with Crippen molar-refractivity contribution in [2.45, 2.75) is 13.8 Å². The number of fused-ring (bicyclic) bond motifs is 2.